The van der Waals surface area contributed by atoms with E-state index in [0.29, 0.717) is 11.6 Å². The van der Waals surface area contributed by atoms with E-state index in [1.165, 1.54) is 16.2 Å². The molecule has 8 nitrogen and oxygen atoms in total. The standard InChI is InChI=1S/C19H20N4O4S2/c1-4-26-16(25)10-23(14-8-6-5-7-9-14)15(24)11-28-19-22-21-18(27-19)17-12(2)20-13(3)29-17/h5-9H,4,10-11H2,1-3H3. The van der Waals surface area contributed by atoms with Crippen LogP contribution in [0.1, 0.15) is 17.6 Å². The average molecular weight is 433 g/mol. The summed E-state index contributed by atoms with van der Waals surface area (Å²) in [7, 11) is 0. The Labute approximate surface area is 176 Å². The number of carbonyl (C=O) groups excluding carboxylic acids is 2. The van der Waals surface area contributed by atoms with Gasteiger partial charge in [0.05, 0.1) is 23.1 Å². The van der Waals surface area contributed by atoms with Gasteiger partial charge in [-0.05, 0) is 32.9 Å². The van der Waals surface area contributed by atoms with Crippen molar-refractivity contribution >= 4 is 40.7 Å². The molecule has 0 saturated heterocycles. The number of rotatable bonds is 8. The molecule has 152 valence electrons. The summed E-state index contributed by atoms with van der Waals surface area (Å²) >= 11 is 2.60. The van der Waals surface area contributed by atoms with Crippen LogP contribution in [-0.4, -0.2) is 46.0 Å². The molecule has 1 aromatic carbocycles. The van der Waals surface area contributed by atoms with Crippen LogP contribution in [0.3, 0.4) is 0 Å². The van der Waals surface area contributed by atoms with E-state index in [1.807, 2.05) is 19.9 Å². The average Bonchev–Trinajstić information content (AvgIpc) is 3.30. The molecule has 0 atom stereocenters. The summed E-state index contributed by atoms with van der Waals surface area (Å²) in [5.41, 5.74) is 1.45. The van der Waals surface area contributed by atoms with Crippen molar-refractivity contribution in [3.63, 3.8) is 0 Å². The highest BCUT2D eigenvalue weighted by atomic mass is 32.2. The quantitative estimate of drug-likeness (QED) is 0.394. The Hall–Kier alpha value is -2.72. The Morgan fingerprint density at radius 3 is 2.62 bits per heavy atom. The number of nitrogens with zero attached hydrogens (tertiary/aromatic N) is 4. The summed E-state index contributed by atoms with van der Waals surface area (Å²) in [4.78, 5) is 31.3. The summed E-state index contributed by atoms with van der Waals surface area (Å²) in [6, 6.07) is 8.98. The molecular formula is C19H20N4O4S2. The number of hydrogen-bond donors (Lipinski definition) is 0. The number of aromatic nitrogens is 3. The maximum absolute atomic E-state index is 12.8. The number of aryl methyl sites for hydroxylation is 2. The largest absolute Gasteiger partial charge is 0.465 e. The molecule has 0 fully saturated rings. The van der Waals surface area contributed by atoms with E-state index in [9.17, 15) is 9.59 Å². The molecule has 2 heterocycles. The molecular weight excluding hydrogens is 412 g/mol. The summed E-state index contributed by atoms with van der Waals surface area (Å²) in [6.45, 7) is 5.61. The van der Waals surface area contributed by atoms with E-state index in [2.05, 4.69) is 15.2 Å². The first-order chi connectivity index (χ1) is 14.0. The van der Waals surface area contributed by atoms with Crippen LogP contribution in [0, 0.1) is 13.8 Å². The summed E-state index contributed by atoms with van der Waals surface area (Å²) in [6.07, 6.45) is 0. The number of thiazole rings is 1. The predicted molar refractivity (Wildman–Crippen MR) is 111 cm³/mol. The minimum atomic E-state index is -0.467. The topological polar surface area (TPSA) is 98.4 Å². The van der Waals surface area contributed by atoms with E-state index in [-0.39, 0.29) is 30.0 Å². The fraction of sp³-hybridized carbons (Fsp3) is 0.316. The molecule has 0 saturated carbocycles. The number of carbonyl (C=O) groups is 2. The number of hydrogen-bond acceptors (Lipinski definition) is 9. The number of thioether (sulfide) groups is 1. The number of benzene rings is 1. The van der Waals surface area contributed by atoms with Gasteiger partial charge < -0.3 is 14.1 Å². The summed E-state index contributed by atoms with van der Waals surface area (Å²) in [5, 5.41) is 9.24. The van der Waals surface area contributed by atoms with Crippen LogP contribution in [0.25, 0.3) is 10.8 Å². The zero-order chi connectivity index (χ0) is 20.8. The lowest BCUT2D eigenvalue weighted by Gasteiger charge is -2.21. The van der Waals surface area contributed by atoms with Gasteiger partial charge in [-0.3, -0.25) is 9.59 Å². The van der Waals surface area contributed by atoms with E-state index in [0.717, 1.165) is 27.3 Å². The Morgan fingerprint density at radius 2 is 1.97 bits per heavy atom. The molecule has 1 amide bonds. The molecule has 0 bridgehead atoms. The van der Waals surface area contributed by atoms with Gasteiger partial charge >= 0.3 is 5.97 Å². The molecule has 10 heteroatoms. The lowest BCUT2D eigenvalue weighted by molar-refractivity contribution is -0.142. The lowest BCUT2D eigenvalue weighted by Crippen LogP contribution is -2.37. The van der Waals surface area contributed by atoms with Gasteiger partial charge in [-0.2, -0.15) is 0 Å². The van der Waals surface area contributed by atoms with Crippen LogP contribution in [0.2, 0.25) is 0 Å². The Balaban J connectivity index is 1.68. The van der Waals surface area contributed by atoms with E-state index >= 15 is 0 Å². The minimum absolute atomic E-state index is 0.0383. The van der Waals surface area contributed by atoms with Crippen molar-refractivity contribution in [3.8, 4) is 10.8 Å². The summed E-state index contributed by atoms with van der Waals surface area (Å²) in [5.74, 6) is -0.310. The van der Waals surface area contributed by atoms with E-state index in [1.54, 1.807) is 31.2 Å². The third-order valence-electron chi connectivity index (χ3n) is 3.78. The molecule has 0 aliphatic rings. The minimum Gasteiger partial charge on any atom is -0.465 e. The smallest absolute Gasteiger partial charge is 0.326 e. The van der Waals surface area contributed by atoms with Crippen LogP contribution in [0.4, 0.5) is 5.69 Å². The van der Waals surface area contributed by atoms with Gasteiger partial charge in [-0.1, -0.05) is 30.0 Å². The zero-order valence-electron chi connectivity index (χ0n) is 16.2. The van der Waals surface area contributed by atoms with Crippen molar-refractivity contribution in [3.05, 3.63) is 41.0 Å². The highest BCUT2D eigenvalue weighted by Gasteiger charge is 2.22. The van der Waals surface area contributed by atoms with Gasteiger partial charge in [-0.15, -0.1) is 21.5 Å². The number of amides is 1. The lowest BCUT2D eigenvalue weighted by atomic mass is 10.3. The van der Waals surface area contributed by atoms with Gasteiger partial charge in [0.1, 0.15) is 11.4 Å². The monoisotopic (exact) mass is 432 g/mol. The third-order valence-corrected chi connectivity index (χ3v) is 5.65. The summed E-state index contributed by atoms with van der Waals surface area (Å²) < 4.78 is 10.7. The Bertz CT molecular complexity index is 987. The number of anilines is 1. The third kappa shape index (κ3) is 5.42. The predicted octanol–water partition coefficient (Wildman–Crippen LogP) is 3.50. The first kappa shape index (κ1) is 21.0. The molecule has 3 rings (SSSR count). The van der Waals surface area contributed by atoms with Gasteiger partial charge in [0.2, 0.25) is 5.91 Å². The highest BCUT2D eigenvalue weighted by Crippen LogP contribution is 2.30. The number of esters is 1. The van der Waals surface area contributed by atoms with Gasteiger partial charge in [0.25, 0.3) is 11.1 Å². The molecule has 0 spiro atoms. The van der Waals surface area contributed by atoms with Gasteiger partial charge in [0, 0.05) is 5.69 Å². The number of ether oxygens (including phenoxy) is 1. The SMILES string of the molecule is CCOC(=O)CN(C(=O)CSc1nnc(-c2sc(C)nc2C)o1)c1ccccc1. The van der Waals surface area contributed by atoms with E-state index in [4.69, 9.17) is 9.15 Å². The Morgan fingerprint density at radius 1 is 1.21 bits per heavy atom. The van der Waals surface area contributed by atoms with Gasteiger partial charge in [-0.25, -0.2) is 4.98 Å². The van der Waals surface area contributed by atoms with Crippen molar-refractivity contribution in [1.82, 2.24) is 15.2 Å². The van der Waals surface area contributed by atoms with Gasteiger partial charge in [0.15, 0.2) is 0 Å². The zero-order valence-corrected chi connectivity index (χ0v) is 17.9. The van der Waals surface area contributed by atoms with Crippen molar-refractivity contribution < 1.29 is 18.7 Å². The molecule has 0 radical (unpaired) electrons. The normalized spacial score (nSPS) is 10.7. The molecule has 0 aliphatic heterocycles. The molecule has 0 aliphatic carbocycles. The first-order valence-corrected chi connectivity index (χ1v) is 10.7. The van der Waals surface area contributed by atoms with Crippen LogP contribution in [0.15, 0.2) is 40.0 Å². The van der Waals surface area contributed by atoms with Crippen LogP contribution < -0.4 is 4.90 Å². The number of para-hydroxylation sites is 1. The molecule has 29 heavy (non-hydrogen) atoms. The fourth-order valence-corrected chi connectivity index (χ4v) is 4.04. The Kier molecular flexibility index (Phi) is 6.99. The molecule has 2 aromatic heterocycles. The van der Waals surface area contributed by atoms with Crippen LogP contribution in [-0.2, 0) is 14.3 Å². The van der Waals surface area contributed by atoms with E-state index < -0.39 is 5.97 Å². The second kappa shape index (κ2) is 9.66. The van der Waals surface area contributed by atoms with Crippen molar-refractivity contribution in [2.75, 3.05) is 23.8 Å². The van der Waals surface area contributed by atoms with Crippen molar-refractivity contribution in [2.24, 2.45) is 0 Å². The molecule has 0 N–H and O–H groups in total. The maximum Gasteiger partial charge on any atom is 0.326 e. The van der Waals surface area contributed by atoms with Crippen LogP contribution >= 0.6 is 23.1 Å². The maximum atomic E-state index is 12.8. The fourth-order valence-electron chi connectivity index (χ4n) is 2.56. The van der Waals surface area contributed by atoms with Crippen molar-refractivity contribution in [1.29, 1.82) is 0 Å². The van der Waals surface area contributed by atoms with Crippen LogP contribution in [0.5, 0.6) is 0 Å². The molecule has 0 unspecified atom stereocenters. The second-order valence-corrected chi connectivity index (χ2v) is 8.06. The first-order valence-electron chi connectivity index (χ1n) is 8.89. The van der Waals surface area contributed by atoms with Crippen molar-refractivity contribution in [2.45, 2.75) is 26.0 Å². The second-order valence-electron chi connectivity index (χ2n) is 5.93. The highest BCUT2D eigenvalue weighted by molar-refractivity contribution is 7.99. The molecule has 3 aromatic rings.